The molecule has 1 aromatic rings. The summed E-state index contributed by atoms with van der Waals surface area (Å²) in [6.45, 7) is 5.00. The lowest BCUT2D eigenvalue weighted by Gasteiger charge is -2.17. The Bertz CT molecular complexity index is 295. The number of aliphatic carboxylic acids is 1. The lowest BCUT2D eigenvalue weighted by atomic mass is 10.4. The molecule has 0 radical (unpaired) electrons. The Labute approximate surface area is 87.3 Å². The molecule has 1 atom stereocenters. The molecule has 1 unspecified atom stereocenters. The molecule has 4 heteroatoms. The second kappa shape index (κ2) is 5.57. The van der Waals surface area contributed by atoms with E-state index in [2.05, 4.69) is 6.58 Å². The van der Waals surface area contributed by atoms with Crippen LogP contribution in [0.15, 0.2) is 30.2 Å². The van der Waals surface area contributed by atoms with Gasteiger partial charge >= 0.3 is 0 Å². The van der Waals surface area contributed by atoms with Crippen molar-refractivity contribution < 1.29 is 14.8 Å². The van der Waals surface area contributed by atoms with Gasteiger partial charge in [-0.15, -0.1) is 11.3 Å². The molecule has 0 fully saturated rings. The van der Waals surface area contributed by atoms with Crippen molar-refractivity contribution in [2.24, 2.45) is 0 Å². The van der Waals surface area contributed by atoms with Crippen LogP contribution < -0.4 is 10.0 Å². The van der Waals surface area contributed by atoms with Crippen LogP contribution in [0.4, 0.5) is 0 Å². The highest BCUT2D eigenvalue weighted by Gasteiger charge is 2.08. The molecule has 0 bridgehead atoms. The first kappa shape index (κ1) is 10.9. The van der Waals surface area contributed by atoms with Crippen molar-refractivity contribution in [2.75, 3.05) is 13.1 Å². The summed E-state index contributed by atoms with van der Waals surface area (Å²) in [5.41, 5.74) is 0. The van der Waals surface area contributed by atoms with Gasteiger partial charge in [0.1, 0.15) is 13.1 Å². The molecule has 0 aromatic carbocycles. The zero-order chi connectivity index (χ0) is 10.4. The Morgan fingerprint density at radius 1 is 1.71 bits per heavy atom. The normalized spacial score (nSPS) is 12.3. The maximum Gasteiger partial charge on any atom is 0.118 e. The molecule has 0 spiro atoms. The van der Waals surface area contributed by atoms with Crippen molar-refractivity contribution in [3.63, 3.8) is 0 Å². The fourth-order valence-electron chi connectivity index (χ4n) is 1.27. The predicted octanol–water partition coefficient (Wildman–Crippen LogP) is -0.931. The number of carboxylic acids is 1. The highest BCUT2D eigenvalue weighted by Crippen LogP contribution is 2.05. The predicted molar refractivity (Wildman–Crippen MR) is 53.9 cm³/mol. The van der Waals surface area contributed by atoms with E-state index in [0.717, 1.165) is 11.4 Å². The number of hydrogen-bond donors (Lipinski definition) is 1. The minimum atomic E-state index is -1.02. The number of nitrogens with one attached hydrogen (secondary N) is 1. The number of hydrogen-bond acceptors (Lipinski definition) is 3. The zero-order valence-electron chi connectivity index (χ0n) is 7.86. The second-order valence-corrected chi connectivity index (χ2v) is 4.08. The van der Waals surface area contributed by atoms with E-state index in [1.165, 1.54) is 4.88 Å². The molecule has 0 amide bonds. The molecule has 1 rings (SSSR count). The third kappa shape index (κ3) is 3.72. The van der Waals surface area contributed by atoms with E-state index in [1.54, 1.807) is 17.4 Å². The van der Waals surface area contributed by atoms with Gasteiger partial charge in [0.15, 0.2) is 0 Å². The average Bonchev–Trinajstić information content (AvgIpc) is 2.56. The summed E-state index contributed by atoms with van der Waals surface area (Å²) in [5, 5.41) is 12.4. The van der Waals surface area contributed by atoms with Crippen molar-refractivity contribution >= 4 is 17.3 Å². The molecule has 0 aliphatic rings. The molecule has 3 nitrogen and oxygen atoms in total. The van der Waals surface area contributed by atoms with Gasteiger partial charge in [-0.3, -0.25) is 0 Å². The number of carbonyl (C=O) groups excluding carboxylic acids is 1. The fraction of sp³-hybridized carbons (Fsp3) is 0.300. The maximum atomic E-state index is 10.5. The van der Waals surface area contributed by atoms with Crippen LogP contribution in [0, 0.1) is 0 Å². The SMILES string of the molecule is C=CC[NH+](CC(=O)[O-])Cc1cccs1. The van der Waals surface area contributed by atoms with E-state index < -0.39 is 5.97 Å². The van der Waals surface area contributed by atoms with Gasteiger partial charge in [0.2, 0.25) is 0 Å². The smallest absolute Gasteiger partial charge is 0.118 e. The summed E-state index contributed by atoms with van der Waals surface area (Å²) < 4.78 is 0. The third-order valence-electron chi connectivity index (χ3n) is 1.83. The van der Waals surface area contributed by atoms with E-state index in [1.807, 2.05) is 17.5 Å². The molecule has 0 saturated heterocycles. The Balaban J connectivity index is 2.50. The number of rotatable bonds is 6. The van der Waals surface area contributed by atoms with Gasteiger partial charge in [-0.2, -0.15) is 0 Å². The highest BCUT2D eigenvalue weighted by atomic mass is 32.1. The van der Waals surface area contributed by atoms with Crippen LogP contribution >= 0.6 is 11.3 Å². The van der Waals surface area contributed by atoms with Gasteiger partial charge in [0.05, 0.1) is 17.4 Å². The number of thiophene rings is 1. The van der Waals surface area contributed by atoms with E-state index in [-0.39, 0.29) is 6.54 Å². The van der Waals surface area contributed by atoms with Crippen LogP contribution in [-0.4, -0.2) is 19.1 Å². The van der Waals surface area contributed by atoms with E-state index >= 15 is 0 Å². The highest BCUT2D eigenvalue weighted by molar-refractivity contribution is 7.09. The fourth-order valence-corrected chi connectivity index (χ4v) is 2.05. The zero-order valence-corrected chi connectivity index (χ0v) is 8.68. The summed E-state index contributed by atoms with van der Waals surface area (Å²) in [6, 6.07) is 3.97. The summed E-state index contributed by atoms with van der Waals surface area (Å²) in [4.78, 5) is 12.6. The van der Waals surface area contributed by atoms with Gasteiger partial charge < -0.3 is 14.8 Å². The van der Waals surface area contributed by atoms with Crippen LogP contribution in [0.25, 0.3) is 0 Å². The van der Waals surface area contributed by atoms with Crippen LogP contribution in [-0.2, 0) is 11.3 Å². The van der Waals surface area contributed by atoms with Gasteiger partial charge in [-0.05, 0) is 17.5 Å². The molecule has 0 saturated carbocycles. The lowest BCUT2D eigenvalue weighted by molar-refractivity contribution is -0.902. The molecule has 14 heavy (non-hydrogen) atoms. The van der Waals surface area contributed by atoms with Crippen LogP contribution in [0.5, 0.6) is 0 Å². The number of quaternary nitrogens is 1. The van der Waals surface area contributed by atoms with E-state index in [9.17, 15) is 9.90 Å². The van der Waals surface area contributed by atoms with Crippen molar-refractivity contribution in [3.8, 4) is 0 Å². The van der Waals surface area contributed by atoms with Crippen molar-refractivity contribution in [3.05, 3.63) is 35.0 Å². The quantitative estimate of drug-likeness (QED) is 0.618. The van der Waals surface area contributed by atoms with E-state index in [0.29, 0.717) is 6.54 Å². The van der Waals surface area contributed by atoms with Gasteiger partial charge in [0, 0.05) is 0 Å². The molecule has 1 N–H and O–H groups in total. The Kier molecular flexibility index (Phi) is 4.35. The monoisotopic (exact) mass is 211 g/mol. The van der Waals surface area contributed by atoms with Crippen LogP contribution in [0.1, 0.15) is 4.88 Å². The Morgan fingerprint density at radius 3 is 3.00 bits per heavy atom. The summed E-state index contributed by atoms with van der Waals surface area (Å²) >= 11 is 1.64. The summed E-state index contributed by atoms with van der Waals surface area (Å²) in [6.07, 6.45) is 1.73. The topological polar surface area (TPSA) is 44.6 Å². The molecule has 1 heterocycles. The van der Waals surface area contributed by atoms with Gasteiger partial charge in [0.25, 0.3) is 0 Å². The van der Waals surface area contributed by atoms with E-state index in [4.69, 9.17) is 0 Å². The molecular formula is C10H13NO2S. The molecule has 76 valence electrons. The van der Waals surface area contributed by atoms with Crippen molar-refractivity contribution in [1.82, 2.24) is 0 Å². The average molecular weight is 211 g/mol. The van der Waals surface area contributed by atoms with Crippen molar-refractivity contribution in [2.45, 2.75) is 6.54 Å². The van der Waals surface area contributed by atoms with Gasteiger partial charge in [-0.25, -0.2) is 0 Å². The summed E-state index contributed by atoms with van der Waals surface area (Å²) in [5.74, 6) is -1.02. The first-order valence-electron chi connectivity index (χ1n) is 4.39. The third-order valence-corrected chi connectivity index (χ3v) is 2.71. The summed E-state index contributed by atoms with van der Waals surface area (Å²) in [7, 11) is 0. The van der Waals surface area contributed by atoms with Crippen molar-refractivity contribution in [1.29, 1.82) is 0 Å². The second-order valence-electron chi connectivity index (χ2n) is 3.05. The lowest BCUT2D eigenvalue weighted by Crippen LogP contribution is -3.11. The first-order chi connectivity index (χ1) is 6.72. The molecular weight excluding hydrogens is 198 g/mol. The Hall–Kier alpha value is -1.13. The number of carbonyl (C=O) groups is 1. The Morgan fingerprint density at radius 2 is 2.50 bits per heavy atom. The first-order valence-corrected chi connectivity index (χ1v) is 5.27. The molecule has 0 aliphatic heterocycles. The van der Waals surface area contributed by atoms with Crippen LogP contribution in [0.2, 0.25) is 0 Å². The number of carboxylic acid groups (broad SMARTS) is 1. The maximum absolute atomic E-state index is 10.5. The largest absolute Gasteiger partial charge is 0.544 e. The van der Waals surface area contributed by atoms with Crippen LogP contribution in [0.3, 0.4) is 0 Å². The molecule has 0 aliphatic carbocycles. The minimum Gasteiger partial charge on any atom is -0.544 e. The molecule has 1 aromatic heterocycles. The minimum absolute atomic E-state index is 0.0317. The van der Waals surface area contributed by atoms with Gasteiger partial charge in [-0.1, -0.05) is 12.6 Å². The standard InChI is InChI=1S/C10H13NO2S/c1-2-5-11(8-10(12)13)7-9-4-3-6-14-9/h2-4,6H,1,5,7-8H2,(H,12,13).